The van der Waals surface area contributed by atoms with Gasteiger partial charge in [0, 0.05) is 24.8 Å². The molecule has 2 aliphatic rings. The fourth-order valence-electron chi connectivity index (χ4n) is 3.42. The van der Waals surface area contributed by atoms with Crippen molar-refractivity contribution in [3.8, 4) is 0 Å². The molecule has 0 aromatic heterocycles. The lowest BCUT2D eigenvalue weighted by Gasteiger charge is -2.36. The van der Waals surface area contributed by atoms with Crippen LogP contribution in [0.4, 0.5) is 0 Å². The van der Waals surface area contributed by atoms with Gasteiger partial charge in [-0.2, -0.15) is 0 Å². The van der Waals surface area contributed by atoms with E-state index in [2.05, 4.69) is 20.8 Å². The summed E-state index contributed by atoms with van der Waals surface area (Å²) in [5.41, 5.74) is 0.358. The topological polar surface area (TPSA) is 20.3 Å². The van der Waals surface area contributed by atoms with Crippen LogP contribution in [0.5, 0.6) is 0 Å². The minimum absolute atomic E-state index is 0.358. The number of carbonyl (C=O) groups is 1. The summed E-state index contributed by atoms with van der Waals surface area (Å²) in [6.07, 6.45) is 12.3. The van der Waals surface area contributed by atoms with E-state index in [1.165, 1.54) is 51.4 Å². The average Bonchev–Trinajstić information content (AvgIpc) is 2.73. The van der Waals surface area contributed by atoms with Crippen LogP contribution in [0.3, 0.4) is 0 Å². The fourth-order valence-corrected chi connectivity index (χ4v) is 4.16. The summed E-state index contributed by atoms with van der Waals surface area (Å²) in [5, 5.41) is 1.06. The van der Waals surface area contributed by atoms with E-state index in [0.29, 0.717) is 11.3 Å². The maximum atomic E-state index is 12.1. The van der Waals surface area contributed by atoms with Gasteiger partial charge >= 0.3 is 0 Å². The van der Waals surface area contributed by atoms with Crippen molar-refractivity contribution in [2.75, 3.05) is 18.4 Å². The molecule has 2 fully saturated rings. The van der Waals surface area contributed by atoms with E-state index in [4.69, 9.17) is 0 Å². The van der Waals surface area contributed by atoms with Crippen molar-refractivity contribution in [1.29, 1.82) is 0 Å². The molecule has 1 amide bonds. The largest absolute Gasteiger partial charge is 0.342 e. The molecular formula is C15H26BrNO. The van der Waals surface area contributed by atoms with Crippen LogP contribution in [-0.4, -0.2) is 29.2 Å². The van der Waals surface area contributed by atoms with Gasteiger partial charge in [-0.3, -0.25) is 4.79 Å². The number of alkyl halides is 1. The molecule has 1 heterocycles. The van der Waals surface area contributed by atoms with Gasteiger partial charge in [0.15, 0.2) is 0 Å². The van der Waals surface area contributed by atoms with E-state index in [9.17, 15) is 4.79 Å². The second-order valence-electron chi connectivity index (χ2n) is 6.17. The van der Waals surface area contributed by atoms with Gasteiger partial charge in [0.1, 0.15) is 0 Å². The standard InChI is InChI=1S/C15H26BrNO/c16-12-15(9-5-1-2-6-10-15)13-17-11-7-3-4-8-14(17)18/h1-13H2. The summed E-state index contributed by atoms with van der Waals surface area (Å²) in [6.45, 7) is 1.99. The molecule has 18 heavy (non-hydrogen) atoms. The number of likely N-dealkylation sites (tertiary alicyclic amines) is 1. The van der Waals surface area contributed by atoms with Crippen molar-refractivity contribution in [1.82, 2.24) is 4.90 Å². The van der Waals surface area contributed by atoms with Crippen LogP contribution < -0.4 is 0 Å². The Labute approximate surface area is 120 Å². The highest BCUT2D eigenvalue weighted by molar-refractivity contribution is 9.09. The lowest BCUT2D eigenvalue weighted by Crippen LogP contribution is -2.42. The summed E-state index contributed by atoms with van der Waals surface area (Å²) < 4.78 is 0. The number of hydrogen-bond donors (Lipinski definition) is 0. The quantitative estimate of drug-likeness (QED) is 0.566. The third-order valence-corrected chi connectivity index (χ3v) is 5.83. The first-order chi connectivity index (χ1) is 8.76. The Kier molecular flexibility index (Phi) is 5.53. The Hall–Kier alpha value is -0.0500. The molecule has 1 aliphatic heterocycles. The smallest absolute Gasteiger partial charge is 0.222 e. The number of hydrogen-bond acceptors (Lipinski definition) is 1. The number of rotatable bonds is 3. The van der Waals surface area contributed by atoms with Gasteiger partial charge in [-0.05, 0) is 31.1 Å². The molecular weight excluding hydrogens is 290 g/mol. The van der Waals surface area contributed by atoms with E-state index in [0.717, 1.165) is 31.3 Å². The number of halogens is 1. The predicted molar refractivity (Wildman–Crippen MR) is 79.0 cm³/mol. The molecule has 3 heteroatoms. The summed E-state index contributed by atoms with van der Waals surface area (Å²) >= 11 is 3.73. The summed E-state index contributed by atoms with van der Waals surface area (Å²) in [7, 11) is 0. The van der Waals surface area contributed by atoms with Crippen LogP contribution >= 0.6 is 15.9 Å². The minimum atomic E-state index is 0.358. The second-order valence-corrected chi connectivity index (χ2v) is 6.73. The minimum Gasteiger partial charge on any atom is -0.342 e. The normalized spacial score (nSPS) is 25.6. The SMILES string of the molecule is O=C1CCCCCN1CC1(CBr)CCCCCC1. The van der Waals surface area contributed by atoms with E-state index in [1.807, 2.05) is 0 Å². The first-order valence-corrected chi connectivity index (χ1v) is 8.72. The zero-order chi connectivity index (χ0) is 12.8. The zero-order valence-electron chi connectivity index (χ0n) is 11.4. The van der Waals surface area contributed by atoms with Crippen LogP contribution in [0.25, 0.3) is 0 Å². The van der Waals surface area contributed by atoms with Crippen LogP contribution in [0.15, 0.2) is 0 Å². The van der Waals surface area contributed by atoms with Gasteiger partial charge in [0.25, 0.3) is 0 Å². The van der Waals surface area contributed by atoms with Crippen molar-refractivity contribution in [2.24, 2.45) is 5.41 Å². The van der Waals surface area contributed by atoms with E-state index in [1.54, 1.807) is 0 Å². The molecule has 0 aromatic carbocycles. The molecule has 0 spiro atoms. The molecule has 1 saturated carbocycles. The fraction of sp³-hybridized carbons (Fsp3) is 0.933. The van der Waals surface area contributed by atoms with Crippen LogP contribution in [0.2, 0.25) is 0 Å². The molecule has 0 unspecified atom stereocenters. The van der Waals surface area contributed by atoms with E-state index >= 15 is 0 Å². The van der Waals surface area contributed by atoms with Gasteiger partial charge in [-0.25, -0.2) is 0 Å². The molecule has 0 radical (unpaired) electrons. The Balaban J connectivity index is 2.00. The Bertz CT molecular complexity index is 272. The summed E-state index contributed by atoms with van der Waals surface area (Å²) in [4.78, 5) is 14.3. The first kappa shape index (κ1) is 14.4. The number of carbonyl (C=O) groups excluding carboxylic acids is 1. The monoisotopic (exact) mass is 315 g/mol. The van der Waals surface area contributed by atoms with Crippen LogP contribution in [-0.2, 0) is 4.79 Å². The third kappa shape index (κ3) is 3.72. The number of amides is 1. The molecule has 104 valence electrons. The molecule has 2 nitrogen and oxygen atoms in total. The highest BCUT2D eigenvalue weighted by Crippen LogP contribution is 2.38. The summed E-state index contributed by atoms with van der Waals surface area (Å²) in [6, 6.07) is 0. The molecule has 1 saturated heterocycles. The van der Waals surface area contributed by atoms with Gasteiger partial charge in [0.2, 0.25) is 5.91 Å². The first-order valence-electron chi connectivity index (χ1n) is 7.60. The lowest BCUT2D eigenvalue weighted by molar-refractivity contribution is -0.132. The Morgan fingerprint density at radius 2 is 1.67 bits per heavy atom. The molecule has 1 aliphatic carbocycles. The van der Waals surface area contributed by atoms with Gasteiger partial charge in [-0.1, -0.05) is 48.0 Å². The molecule has 0 atom stereocenters. The average molecular weight is 316 g/mol. The molecule has 0 bridgehead atoms. The predicted octanol–water partition coefficient (Wildman–Crippen LogP) is 4.12. The molecule has 0 N–H and O–H groups in total. The highest BCUT2D eigenvalue weighted by atomic mass is 79.9. The second kappa shape index (κ2) is 6.93. The maximum Gasteiger partial charge on any atom is 0.222 e. The van der Waals surface area contributed by atoms with Gasteiger partial charge in [0.05, 0.1) is 0 Å². The molecule has 2 rings (SSSR count). The van der Waals surface area contributed by atoms with E-state index < -0.39 is 0 Å². The Morgan fingerprint density at radius 1 is 1.00 bits per heavy atom. The van der Waals surface area contributed by atoms with Crippen molar-refractivity contribution in [3.05, 3.63) is 0 Å². The van der Waals surface area contributed by atoms with Gasteiger partial charge < -0.3 is 4.90 Å². The highest BCUT2D eigenvalue weighted by Gasteiger charge is 2.33. The molecule has 0 aromatic rings. The van der Waals surface area contributed by atoms with Crippen LogP contribution in [0, 0.1) is 5.41 Å². The van der Waals surface area contributed by atoms with Crippen molar-refractivity contribution >= 4 is 21.8 Å². The number of nitrogens with zero attached hydrogens (tertiary/aromatic N) is 1. The van der Waals surface area contributed by atoms with Crippen molar-refractivity contribution in [3.63, 3.8) is 0 Å². The zero-order valence-corrected chi connectivity index (χ0v) is 13.0. The lowest BCUT2D eigenvalue weighted by atomic mass is 9.82. The maximum absolute atomic E-state index is 12.1. The van der Waals surface area contributed by atoms with Crippen LogP contribution in [0.1, 0.15) is 64.2 Å². The Morgan fingerprint density at radius 3 is 2.33 bits per heavy atom. The van der Waals surface area contributed by atoms with Crippen molar-refractivity contribution < 1.29 is 4.79 Å². The van der Waals surface area contributed by atoms with E-state index in [-0.39, 0.29) is 0 Å². The van der Waals surface area contributed by atoms with Crippen molar-refractivity contribution in [2.45, 2.75) is 64.2 Å². The summed E-state index contributed by atoms with van der Waals surface area (Å²) in [5.74, 6) is 0.400. The van der Waals surface area contributed by atoms with Gasteiger partial charge in [-0.15, -0.1) is 0 Å². The third-order valence-electron chi connectivity index (χ3n) is 4.65.